The molecule has 27 heavy (non-hydrogen) atoms. The number of nitrogens with zero attached hydrogens (tertiary/aromatic N) is 1. The van der Waals surface area contributed by atoms with Gasteiger partial charge in [-0.25, -0.2) is 4.79 Å². The Morgan fingerprint density at radius 3 is 2.41 bits per heavy atom. The standard InChI is InChI=1S/C20H21F3N2O2/c21-20(22,23)14-27-13-16-7-5-15(6-8-16)11-24-19(26)25-10-9-17-3-1-2-4-18(17)12-25/h1-8H,9-14H2,(H,24,26). The number of amides is 2. The summed E-state index contributed by atoms with van der Waals surface area (Å²) in [5.41, 5.74) is 3.98. The molecular formula is C20H21F3N2O2. The molecule has 1 aliphatic heterocycles. The van der Waals surface area contributed by atoms with Gasteiger partial charge in [-0.1, -0.05) is 48.5 Å². The van der Waals surface area contributed by atoms with Crippen LogP contribution in [-0.4, -0.2) is 30.3 Å². The maximum atomic E-state index is 12.4. The number of ether oxygens (including phenoxy) is 1. The average Bonchev–Trinajstić information content (AvgIpc) is 2.65. The monoisotopic (exact) mass is 378 g/mol. The maximum absolute atomic E-state index is 12.4. The van der Waals surface area contributed by atoms with Crippen molar-refractivity contribution in [1.29, 1.82) is 0 Å². The lowest BCUT2D eigenvalue weighted by Crippen LogP contribution is -2.42. The van der Waals surface area contributed by atoms with Crippen molar-refractivity contribution in [2.24, 2.45) is 0 Å². The van der Waals surface area contributed by atoms with Crippen LogP contribution in [0.2, 0.25) is 0 Å². The lowest BCUT2D eigenvalue weighted by Gasteiger charge is -2.29. The quantitative estimate of drug-likeness (QED) is 0.853. The normalized spacial score (nSPS) is 14.0. The van der Waals surface area contributed by atoms with Crippen molar-refractivity contribution in [3.05, 3.63) is 70.8 Å². The van der Waals surface area contributed by atoms with E-state index in [1.54, 1.807) is 29.2 Å². The van der Waals surface area contributed by atoms with Gasteiger partial charge in [0.1, 0.15) is 6.61 Å². The van der Waals surface area contributed by atoms with Gasteiger partial charge in [0.25, 0.3) is 0 Å². The molecule has 0 aromatic heterocycles. The molecule has 2 amide bonds. The second-order valence-corrected chi connectivity index (χ2v) is 6.52. The summed E-state index contributed by atoms with van der Waals surface area (Å²) in [4.78, 5) is 14.2. The van der Waals surface area contributed by atoms with Crippen molar-refractivity contribution in [3.63, 3.8) is 0 Å². The third kappa shape index (κ3) is 5.72. The molecular weight excluding hydrogens is 357 g/mol. The molecule has 4 nitrogen and oxygen atoms in total. The summed E-state index contributed by atoms with van der Waals surface area (Å²) in [6.45, 7) is 0.277. The Bertz CT molecular complexity index is 776. The Morgan fingerprint density at radius 2 is 1.70 bits per heavy atom. The number of halogens is 3. The zero-order valence-electron chi connectivity index (χ0n) is 14.8. The lowest BCUT2D eigenvalue weighted by atomic mass is 10.0. The molecule has 0 unspecified atom stereocenters. The van der Waals surface area contributed by atoms with Gasteiger partial charge in [-0.2, -0.15) is 13.2 Å². The smallest absolute Gasteiger partial charge is 0.367 e. The Hall–Kier alpha value is -2.54. The molecule has 1 heterocycles. The van der Waals surface area contributed by atoms with Crippen molar-refractivity contribution < 1.29 is 22.7 Å². The fraction of sp³-hybridized carbons (Fsp3) is 0.350. The van der Waals surface area contributed by atoms with Crippen LogP contribution in [0, 0.1) is 0 Å². The largest absolute Gasteiger partial charge is 0.411 e. The number of hydrogen-bond donors (Lipinski definition) is 1. The molecule has 0 fully saturated rings. The number of benzene rings is 2. The van der Waals surface area contributed by atoms with Crippen LogP contribution in [0.5, 0.6) is 0 Å². The minimum absolute atomic E-state index is 0.0979. The van der Waals surface area contributed by atoms with Crippen LogP contribution in [0.25, 0.3) is 0 Å². The second kappa shape index (κ2) is 8.43. The number of hydrogen-bond acceptors (Lipinski definition) is 2. The highest BCUT2D eigenvalue weighted by Gasteiger charge is 2.27. The first-order valence-electron chi connectivity index (χ1n) is 8.72. The van der Waals surface area contributed by atoms with Crippen molar-refractivity contribution in [3.8, 4) is 0 Å². The van der Waals surface area contributed by atoms with Gasteiger partial charge in [0.05, 0.1) is 6.61 Å². The molecule has 2 aromatic rings. The molecule has 0 spiro atoms. The number of nitrogens with one attached hydrogen (secondary N) is 1. The molecule has 2 aromatic carbocycles. The third-order valence-electron chi connectivity index (χ3n) is 4.42. The molecule has 7 heteroatoms. The minimum Gasteiger partial charge on any atom is -0.367 e. The number of fused-ring (bicyclic) bond motifs is 1. The summed E-state index contributed by atoms with van der Waals surface area (Å²) in [7, 11) is 0. The summed E-state index contributed by atoms with van der Waals surface area (Å²) in [6, 6.07) is 14.9. The van der Waals surface area contributed by atoms with E-state index in [9.17, 15) is 18.0 Å². The van der Waals surface area contributed by atoms with E-state index in [0.29, 0.717) is 25.2 Å². The van der Waals surface area contributed by atoms with Gasteiger partial charge in [-0.05, 0) is 28.7 Å². The van der Waals surface area contributed by atoms with E-state index < -0.39 is 12.8 Å². The Labute approximate surface area is 155 Å². The Kier molecular flexibility index (Phi) is 6.01. The van der Waals surface area contributed by atoms with E-state index >= 15 is 0 Å². The highest BCUT2D eigenvalue weighted by molar-refractivity contribution is 5.74. The molecule has 144 valence electrons. The Morgan fingerprint density at radius 1 is 1.04 bits per heavy atom. The van der Waals surface area contributed by atoms with Crippen LogP contribution in [0.15, 0.2) is 48.5 Å². The van der Waals surface area contributed by atoms with Gasteiger partial charge in [-0.3, -0.25) is 0 Å². The highest BCUT2D eigenvalue weighted by Crippen LogP contribution is 2.18. The first-order valence-corrected chi connectivity index (χ1v) is 8.72. The van der Waals surface area contributed by atoms with Crippen molar-refractivity contribution in [1.82, 2.24) is 10.2 Å². The van der Waals surface area contributed by atoms with Crippen molar-refractivity contribution in [2.45, 2.75) is 32.3 Å². The molecule has 0 aliphatic carbocycles. The first-order chi connectivity index (χ1) is 12.9. The summed E-state index contributed by atoms with van der Waals surface area (Å²) in [5, 5.41) is 2.89. The van der Waals surface area contributed by atoms with E-state index in [4.69, 9.17) is 0 Å². The molecule has 3 rings (SSSR count). The van der Waals surface area contributed by atoms with E-state index in [0.717, 1.165) is 12.0 Å². The number of carbonyl (C=O) groups excluding carboxylic acids is 1. The van der Waals surface area contributed by atoms with E-state index in [-0.39, 0.29) is 12.6 Å². The average molecular weight is 378 g/mol. The summed E-state index contributed by atoms with van der Waals surface area (Å²) in [5.74, 6) is 0. The molecule has 0 saturated heterocycles. The van der Waals surface area contributed by atoms with Crippen LogP contribution in [0.3, 0.4) is 0 Å². The predicted octanol–water partition coefficient (Wildman–Crippen LogP) is 4.03. The van der Waals surface area contributed by atoms with E-state index in [2.05, 4.69) is 16.1 Å². The number of urea groups is 1. The molecule has 0 bridgehead atoms. The van der Waals surface area contributed by atoms with Crippen LogP contribution in [0.1, 0.15) is 22.3 Å². The molecule has 1 N–H and O–H groups in total. The van der Waals surface area contributed by atoms with E-state index in [1.165, 1.54) is 11.1 Å². The maximum Gasteiger partial charge on any atom is 0.411 e. The minimum atomic E-state index is -4.32. The van der Waals surface area contributed by atoms with Gasteiger partial charge < -0.3 is 15.0 Å². The number of rotatable bonds is 5. The third-order valence-corrected chi connectivity index (χ3v) is 4.42. The topological polar surface area (TPSA) is 41.6 Å². The lowest BCUT2D eigenvalue weighted by molar-refractivity contribution is -0.176. The van der Waals surface area contributed by atoms with Gasteiger partial charge >= 0.3 is 12.2 Å². The van der Waals surface area contributed by atoms with Crippen LogP contribution < -0.4 is 5.32 Å². The zero-order valence-corrected chi connectivity index (χ0v) is 14.8. The summed E-state index contributed by atoms with van der Waals surface area (Å²) in [6.07, 6.45) is -3.48. The van der Waals surface area contributed by atoms with Crippen LogP contribution in [0.4, 0.5) is 18.0 Å². The fourth-order valence-corrected chi connectivity index (χ4v) is 3.00. The van der Waals surface area contributed by atoms with Gasteiger partial charge in [0.2, 0.25) is 0 Å². The van der Waals surface area contributed by atoms with Crippen molar-refractivity contribution >= 4 is 6.03 Å². The van der Waals surface area contributed by atoms with Gasteiger partial charge in [-0.15, -0.1) is 0 Å². The van der Waals surface area contributed by atoms with Crippen LogP contribution in [-0.2, 0) is 30.9 Å². The molecule has 0 saturated carbocycles. The number of alkyl halides is 3. The van der Waals surface area contributed by atoms with Gasteiger partial charge in [0.15, 0.2) is 0 Å². The zero-order chi connectivity index (χ0) is 19.3. The van der Waals surface area contributed by atoms with Gasteiger partial charge in [0, 0.05) is 19.6 Å². The second-order valence-electron chi connectivity index (χ2n) is 6.52. The summed E-state index contributed by atoms with van der Waals surface area (Å²) < 4.78 is 40.8. The van der Waals surface area contributed by atoms with E-state index in [1.807, 2.05) is 18.2 Å². The first kappa shape index (κ1) is 19.2. The highest BCUT2D eigenvalue weighted by atomic mass is 19.4. The van der Waals surface area contributed by atoms with Crippen molar-refractivity contribution in [2.75, 3.05) is 13.2 Å². The predicted molar refractivity (Wildman–Crippen MR) is 94.9 cm³/mol. The SMILES string of the molecule is O=C(NCc1ccc(COCC(F)(F)F)cc1)N1CCc2ccccc2C1. The molecule has 0 radical (unpaired) electrons. The fourth-order valence-electron chi connectivity index (χ4n) is 3.00. The molecule has 1 aliphatic rings. The molecule has 0 atom stereocenters. The van der Waals surface area contributed by atoms with Crippen LogP contribution >= 0.6 is 0 Å². The Balaban J connectivity index is 1.45. The number of carbonyl (C=O) groups is 1. The summed E-state index contributed by atoms with van der Waals surface area (Å²) >= 11 is 0.